The molecule has 1 aromatic heterocycles. The van der Waals surface area contributed by atoms with E-state index >= 15 is 0 Å². The van der Waals surface area contributed by atoms with E-state index in [0.29, 0.717) is 6.04 Å². The van der Waals surface area contributed by atoms with Gasteiger partial charge in [-0.25, -0.2) is 13.4 Å². The van der Waals surface area contributed by atoms with Crippen molar-refractivity contribution in [2.24, 2.45) is 0 Å². The highest BCUT2D eigenvalue weighted by Crippen LogP contribution is 2.14. The zero-order valence-electron chi connectivity index (χ0n) is 10.6. The number of nitrogens with one attached hydrogen (secondary N) is 1. The molecule has 17 heavy (non-hydrogen) atoms. The molecule has 4 nitrogen and oxygen atoms in total. The van der Waals surface area contributed by atoms with Gasteiger partial charge in [0.15, 0.2) is 14.9 Å². The van der Waals surface area contributed by atoms with Gasteiger partial charge in [0, 0.05) is 12.3 Å². The van der Waals surface area contributed by atoms with Gasteiger partial charge in [-0.3, -0.25) is 0 Å². The van der Waals surface area contributed by atoms with Gasteiger partial charge in [0.05, 0.1) is 11.9 Å². The van der Waals surface area contributed by atoms with E-state index in [1.54, 1.807) is 12.3 Å². The van der Waals surface area contributed by atoms with Crippen LogP contribution >= 0.6 is 0 Å². The fraction of sp³-hybridized carbons (Fsp3) is 0.583. The van der Waals surface area contributed by atoms with Gasteiger partial charge in [0.1, 0.15) is 0 Å². The first-order valence-corrected chi connectivity index (χ1v) is 7.79. The standard InChI is InChI=1S/C12H20N2O2S/c1-4-6-10(5-2)14-11-7-8-12(13-9-11)17(3,15)16/h7-10,14H,4-6H2,1-3H3. The van der Waals surface area contributed by atoms with Crippen LogP contribution in [0.3, 0.4) is 0 Å². The van der Waals surface area contributed by atoms with Gasteiger partial charge in [-0.15, -0.1) is 0 Å². The molecule has 0 aliphatic carbocycles. The highest BCUT2D eigenvalue weighted by Gasteiger charge is 2.09. The Bertz CT molecular complexity index is 440. The molecule has 0 saturated carbocycles. The zero-order chi connectivity index (χ0) is 12.9. The van der Waals surface area contributed by atoms with Crippen LogP contribution in [0.5, 0.6) is 0 Å². The lowest BCUT2D eigenvalue weighted by Gasteiger charge is -2.17. The molecule has 0 saturated heterocycles. The van der Waals surface area contributed by atoms with Crippen LogP contribution in [0.25, 0.3) is 0 Å². The minimum absolute atomic E-state index is 0.117. The first kappa shape index (κ1) is 14.0. The van der Waals surface area contributed by atoms with E-state index < -0.39 is 9.84 Å². The maximum absolute atomic E-state index is 11.2. The van der Waals surface area contributed by atoms with Crippen LogP contribution in [0.15, 0.2) is 23.4 Å². The number of anilines is 1. The second-order valence-corrected chi connectivity index (χ2v) is 6.16. The fourth-order valence-corrected chi connectivity index (χ4v) is 2.21. The SMILES string of the molecule is CCCC(CC)Nc1ccc(S(C)(=O)=O)nc1. The summed E-state index contributed by atoms with van der Waals surface area (Å²) in [7, 11) is -3.20. The fourth-order valence-electron chi connectivity index (χ4n) is 1.65. The second kappa shape index (κ2) is 6.00. The summed E-state index contributed by atoms with van der Waals surface area (Å²) in [5.74, 6) is 0. The Morgan fingerprint density at radius 3 is 2.47 bits per heavy atom. The molecule has 1 atom stereocenters. The minimum Gasteiger partial charge on any atom is -0.381 e. The topological polar surface area (TPSA) is 59.1 Å². The average Bonchev–Trinajstić information content (AvgIpc) is 2.28. The Balaban J connectivity index is 2.74. The number of hydrogen-bond acceptors (Lipinski definition) is 4. The predicted octanol–water partition coefficient (Wildman–Crippen LogP) is 2.48. The largest absolute Gasteiger partial charge is 0.381 e. The van der Waals surface area contributed by atoms with Crippen molar-refractivity contribution in [1.29, 1.82) is 0 Å². The third-order valence-electron chi connectivity index (χ3n) is 2.62. The Kier molecular flexibility index (Phi) is 4.93. The number of nitrogens with zero attached hydrogens (tertiary/aromatic N) is 1. The smallest absolute Gasteiger partial charge is 0.192 e. The maximum Gasteiger partial charge on any atom is 0.192 e. The van der Waals surface area contributed by atoms with Crippen molar-refractivity contribution >= 4 is 15.5 Å². The Hall–Kier alpha value is -1.10. The van der Waals surface area contributed by atoms with E-state index in [1.807, 2.05) is 0 Å². The van der Waals surface area contributed by atoms with Crippen molar-refractivity contribution in [1.82, 2.24) is 4.98 Å². The quantitative estimate of drug-likeness (QED) is 0.849. The van der Waals surface area contributed by atoms with Crippen LogP contribution in [0.4, 0.5) is 5.69 Å². The molecular weight excluding hydrogens is 236 g/mol. The molecule has 0 aliphatic rings. The van der Waals surface area contributed by atoms with E-state index in [9.17, 15) is 8.42 Å². The molecule has 0 fully saturated rings. The number of rotatable bonds is 6. The second-order valence-electron chi connectivity index (χ2n) is 4.20. The lowest BCUT2D eigenvalue weighted by molar-refractivity contribution is 0.598. The molecule has 1 aromatic rings. The molecule has 0 amide bonds. The third-order valence-corrected chi connectivity index (χ3v) is 3.62. The third kappa shape index (κ3) is 4.34. The molecular formula is C12H20N2O2S. The van der Waals surface area contributed by atoms with Gasteiger partial charge >= 0.3 is 0 Å². The van der Waals surface area contributed by atoms with E-state index in [2.05, 4.69) is 24.1 Å². The Labute approximate surface area is 103 Å². The van der Waals surface area contributed by atoms with Crippen molar-refractivity contribution in [2.45, 2.75) is 44.2 Å². The predicted molar refractivity (Wildman–Crippen MR) is 70.0 cm³/mol. The van der Waals surface area contributed by atoms with Crippen LogP contribution in [0.2, 0.25) is 0 Å². The summed E-state index contributed by atoms with van der Waals surface area (Å²) in [5, 5.41) is 3.47. The van der Waals surface area contributed by atoms with Crippen molar-refractivity contribution < 1.29 is 8.42 Å². The maximum atomic E-state index is 11.2. The van der Waals surface area contributed by atoms with Crippen molar-refractivity contribution in [3.05, 3.63) is 18.3 Å². The summed E-state index contributed by atoms with van der Waals surface area (Å²) in [6.07, 6.45) is 6.01. The van der Waals surface area contributed by atoms with Gasteiger partial charge in [-0.05, 0) is 25.0 Å². The molecule has 0 radical (unpaired) electrons. The molecule has 1 N–H and O–H groups in total. The number of sulfone groups is 1. The summed E-state index contributed by atoms with van der Waals surface area (Å²) < 4.78 is 22.5. The van der Waals surface area contributed by atoms with Crippen LogP contribution in [0, 0.1) is 0 Å². The van der Waals surface area contributed by atoms with E-state index in [1.165, 1.54) is 6.07 Å². The normalized spacial score (nSPS) is 13.4. The molecule has 96 valence electrons. The summed E-state index contributed by atoms with van der Waals surface area (Å²) in [6, 6.07) is 3.73. The highest BCUT2D eigenvalue weighted by atomic mass is 32.2. The average molecular weight is 256 g/mol. The monoisotopic (exact) mass is 256 g/mol. The lowest BCUT2D eigenvalue weighted by Crippen LogP contribution is -2.18. The Morgan fingerprint density at radius 2 is 2.06 bits per heavy atom. The van der Waals surface area contributed by atoms with Crippen LogP contribution in [0.1, 0.15) is 33.1 Å². The van der Waals surface area contributed by atoms with Crippen molar-refractivity contribution in [3.8, 4) is 0 Å². The van der Waals surface area contributed by atoms with Gasteiger partial charge in [-0.2, -0.15) is 0 Å². The number of hydrogen-bond donors (Lipinski definition) is 1. The molecule has 0 aromatic carbocycles. The Morgan fingerprint density at radius 1 is 1.35 bits per heavy atom. The van der Waals surface area contributed by atoms with Gasteiger partial charge < -0.3 is 5.32 Å². The summed E-state index contributed by atoms with van der Waals surface area (Å²) in [5.41, 5.74) is 0.873. The number of pyridine rings is 1. The molecule has 0 aliphatic heterocycles. The summed E-state index contributed by atoms with van der Waals surface area (Å²) in [4.78, 5) is 3.95. The van der Waals surface area contributed by atoms with Crippen LogP contribution < -0.4 is 5.32 Å². The van der Waals surface area contributed by atoms with Gasteiger partial charge in [0.25, 0.3) is 0 Å². The van der Waals surface area contributed by atoms with E-state index in [-0.39, 0.29) is 5.03 Å². The minimum atomic E-state index is -3.20. The van der Waals surface area contributed by atoms with Gasteiger partial charge in [0.2, 0.25) is 0 Å². The lowest BCUT2D eigenvalue weighted by atomic mass is 10.1. The van der Waals surface area contributed by atoms with Crippen LogP contribution in [-0.4, -0.2) is 25.7 Å². The first-order chi connectivity index (χ1) is 7.97. The molecule has 0 bridgehead atoms. The molecule has 1 unspecified atom stereocenters. The number of aromatic nitrogens is 1. The van der Waals surface area contributed by atoms with Crippen LogP contribution in [-0.2, 0) is 9.84 Å². The van der Waals surface area contributed by atoms with E-state index in [4.69, 9.17) is 0 Å². The molecule has 5 heteroatoms. The summed E-state index contributed by atoms with van der Waals surface area (Å²) in [6.45, 7) is 4.28. The molecule has 0 spiro atoms. The van der Waals surface area contributed by atoms with Gasteiger partial charge in [-0.1, -0.05) is 20.3 Å². The molecule has 1 heterocycles. The highest BCUT2D eigenvalue weighted by molar-refractivity contribution is 7.90. The zero-order valence-corrected chi connectivity index (χ0v) is 11.4. The van der Waals surface area contributed by atoms with Crippen molar-refractivity contribution in [2.75, 3.05) is 11.6 Å². The first-order valence-electron chi connectivity index (χ1n) is 5.90. The summed E-state index contributed by atoms with van der Waals surface area (Å²) >= 11 is 0. The molecule has 1 rings (SSSR count). The van der Waals surface area contributed by atoms with E-state index in [0.717, 1.165) is 31.2 Å². The van der Waals surface area contributed by atoms with Crippen molar-refractivity contribution in [3.63, 3.8) is 0 Å².